The normalized spacial score (nSPS) is 13.1. The molecule has 0 spiro atoms. The summed E-state index contributed by atoms with van der Waals surface area (Å²) in [5.74, 6) is 0.259. The highest BCUT2D eigenvalue weighted by atomic mass is 32.2. The average Bonchev–Trinajstić information content (AvgIpc) is 2.97. The molecule has 3 aromatic rings. The number of hydrogen-bond acceptors (Lipinski definition) is 4. The summed E-state index contributed by atoms with van der Waals surface area (Å²) in [6.45, 7) is -0.131. The van der Waals surface area contributed by atoms with Crippen LogP contribution in [0, 0.1) is 0 Å². The summed E-state index contributed by atoms with van der Waals surface area (Å²) in [7, 11) is -0.492. The number of hydrogen-bond donors (Lipinski definition) is 2. The lowest BCUT2D eigenvalue weighted by Gasteiger charge is -2.13. The molecule has 0 aliphatic carbocycles. The largest absolute Gasteiger partial charge is 0.495 e. The predicted molar refractivity (Wildman–Crippen MR) is 96.1 cm³/mol. The minimum Gasteiger partial charge on any atom is -0.495 e. The molecule has 3 rings (SSSR count). The number of fused-ring (bicyclic) bond motifs is 1. The van der Waals surface area contributed by atoms with Crippen molar-refractivity contribution in [3.05, 3.63) is 60.3 Å². The number of aliphatic hydroxyl groups excluding tert-OH is 1. The number of aromatic nitrogens is 1. The van der Waals surface area contributed by atoms with Gasteiger partial charge in [0, 0.05) is 36.3 Å². The Morgan fingerprint density at radius 3 is 2.60 bits per heavy atom. The van der Waals surface area contributed by atoms with Crippen LogP contribution in [0.15, 0.2) is 59.6 Å². The van der Waals surface area contributed by atoms with Gasteiger partial charge in [0.1, 0.15) is 10.6 Å². The van der Waals surface area contributed by atoms with Crippen LogP contribution in [0.5, 0.6) is 5.75 Å². The molecule has 0 fully saturated rings. The number of para-hydroxylation sites is 2. The lowest BCUT2D eigenvalue weighted by molar-refractivity contribution is 0.183. The molecule has 1 atom stereocenters. The van der Waals surface area contributed by atoms with E-state index in [1.807, 2.05) is 42.1 Å². The van der Waals surface area contributed by atoms with Gasteiger partial charge in [-0.25, -0.2) is 13.1 Å². The zero-order valence-corrected chi connectivity index (χ0v) is 14.8. The Kier molecular flexibility index (Phi) is 4.80. The lowest BCUT2D eigenvalue weighted by atomic mass is 10.1. The first-order valence-corrected chi connectivity index (χ1v) is 9.27. The summed E-state index contributed by atoms with van der Waals surface area (Å²) in [6.07, 6.45) is 0.850. The van der Waals surface area contributed by atoms with E-state index in [1.54, 1.807) is 18.2 Å². The van der Waals surface area contributed by atoms with E-state index in [0.717, 1.165) is 10.9 Å². The maximum Gasteiger partial charge on any atom is 0.244 e. The van der Waals surface area contributed by atoms with E-state index in [1.165, 1.54) is 13.2 Å². The number of nitrogens with zero attached hydrogens (tertiary/aromatic N) is 1. The fraction of sp³-hybridized carbons (Fsp3) is 0.222. The average molecular weight is 360 g/mol. The van der Waals surface area contributed by atoms with Crippen molar-refractivity contribution in [1.29, 1.82) is 0 Å². The molecular formula is C18H20N2O4S. The molecule has 2 aromatic carbocycles. The molecule has 0 amide bonds. The van der Waals surface area contributed by atoms with Gasteiger partial charge in [0.15, 0.2) is 0 Å². The molecule has 0 radical (unpaired) electrons. The second-order valence-corrected chi connectivity index (χ2v) is 7.47. The maximum atomic E-state index is 12.5. The molecule has 0 saturated carbocycles. The van der Waals surface area contributed by atoms with Crippen molar-refractivity contribution in [2.24, 2.45) is 7.05 Å². The van der Waals surface area contributed by atoms with Gasteiger partial charge in [-0.1, -0.05) is 30.3 Å². The smallest absolute Gasteiger partial charge is 0.244 e. The third kappa shape index (κ3) is 3.39. The van der Waals surface area contributed by atoms with Crippen molar-refractivity contribution >= 4 is 20.9 Å². The van der Waals surface area contributed by atoms with Crippen molar-refractivity contribution in [2.75, 3.05) is 13.7 Å². The first-order chi connectivity index (χ1) is 11.9. The molecule has 25 heavy (non-hydrogen) atoms. The number of methoxy groups -OCH3 is 1. The second-order valence-electron chi connectivity index (χ2n) is 5.73. The van der Waals surface area contributed by atoms with Gasteiger partial charge in [-0.05, 0) is 18.2 Å². The van der Waals surface area contributed by atoms with Crippen LogP contribution in [0.1, 0.15) is 11.7 Å². The first-order valence-electron chi connectivity index (χ1n) is 7.79. The molecule has 0 bridgehead atoms. The minimum absolute atomic E-state index is 0.0441. The Hall–Kier alpha value is -2.35. The molecule has 0 aliphatic heterocycles. The van der Waals surface area contributed by atoms with Gasteiger partial charge in [-0.15, -0.1) is 0 Å². The van der Waals surface area contributed by atoms with Crippen LogP contribution in [0.25, 0.3) is 10.9 Å². The number of rotatable bonds is 6. The number of sulfonamides is 1. The Morgan fingerprint density at radius 2 is 1.84 bits per heavy atom. The summed E-state index contributed by atoms with van der Waals surface area (Å²) >= 11 is 0. The predicted octanol–water partition coefficient (Wildman–Crippen LogP) is 2.20. The Morgan fingerprint density at radius 1 is 1.16 bits per heavy atom. The third-order valence-corrected chi connectivity index (χ3v) is 5.58. The summed E-state index contributed by atoms with van der Waals surface area (Å²) in [6, 6.07) is 14.0. The van der Waals surface area contributed by atoms with Gasteiger partial charge in [0.05, 0.1) is 13.2 Å². The van der Waals surface area contributed by atoms with E-state index >= 15 is 0 Å². The van der Waals surface area contributed by atoms with E-state index in [-0.39, 0.29) is 17.2 Å². The SMILES string of the molecule is COc1ccccc1S(=O)(=O)NCC(O)c1cn(C)c2ccccc12. The van der Waals surface area contributed by atoms with Crippen LogP contribution in [0.3, 0.4) is 0 Å². The number of nitrogens with one attached hydrogen (secondary N) is 1. The fourth-order valence-electron chi connectivity index (χ4n) is 2.86. The van der Waals surface area contributed by atoms with Crippen molar-refractivity contribution in [3.8, 4) is 5.75 Å². The third-order valence-electron chi connectivity index (χ3n) is 4.11. The highest BCUT2D eigenvalue weighted by Gasteiger charge is 2.22. The summed E-state index contributed by atoms with van der Waals surface area (Å²) < 4.78 is 34.5. The van der Waals surface area contributed by atoms with E-state index in [4.69, 9.17) is 4.74 Å². The number of aliphatic hydroxyl groups is 1. The van der Waals surface area contributed by atoms with Gasteiger partial charge < -0.3 is 14.4 Å². The highest BCUT2D eigenvalue weighted by Crippen LogP contribution is 2.27. The maximum absolute atomic E-state index is 12.5. The molecular weight excluding hydrogens is 340 g/mol. The van der Waals surface area contributed by atoms with Gasteiger partial charge in [-0.3, -0.25) is 0 Å². The van der Waals surface area contributed by atoms with Crippen LogP contribution in [-0.4, -0.2) is 31.7 Å². The van der Waals surface area contributed by atoms with Crippen molar-refractivity contribution in [3.63, 3.8) is 0 Å². The monoisotopic (exact) mass is 360 g/mol. The van der Waals surface area contributed by atoms with E-state index < -0.39 is 16.1 Å². The zero-order chi connectivity index (χ0) is 18.0. The van der Waals surface area contributed by atoms with Crippen molar-refractivity contribution < 1.29 is 18.3 Å². The van der Waals surface area contributed by atoms with Gasteiger partial charge in [0.25, 0.3) is 0 Å². The number of ether oxygens (including phenoxy) is 1. The molecule has 2 N–H and O–H groups in total. The van der Waals surface area contributed by atoms with Gasteiger partial charge >= 0.3 is 0 Å². The van der Waals surface area contributed by atoms with Gasteiger partial charge in [0.2, 0.25) is 10.0 Å². The fourth-order valence-corrected chi connectivity index (χ4v) is 4.06. The van der Waals surface area contributed by atoms with E-state index in [0.29, 0.717) is 5.56 Å². The molecule has 6 nitrogen and oxygen atoms in total. The van der Waals surface area contributed by atoms with Crippen LogP contribution in [0.4, 0.5) is 0 Å². The van der Waals surface area contributed by atoms with Crippen molar-refractivity contribution in [2.45, 2.75) is 11.0 Å². The molecule has 1 heterocycles. The molecule has 1 aromatic heterocycles. The summed E-state index contributed by atoms with van der Waals surface area (Å²) in [5, 5.41) is 11.4. The quantitative estimate of drug-likeness (QED) is 0.706. The standard InChI is InChI=1S/C18H20N2O4S/c1-20-12-14(13-7-3-4-8-15(13)20)16(21)11-19-25(22,23)18-10-6-5-9-17(18)24-2/h3-10,12,16,19,21H,11H2,1-2H3. The van der Waals surface area contributed by atoms with Crippen LogP contribution >= 0.6 is 0 Å². The first kappa shape index (κ1) is 17.5. The second kappa shape index (κ2) is 6.87. The van der Waals surface area contributed by atoms with Crippen LogP contribution in [-0.2, 0) is 17.1 Å². The Bertz CT molecular complexity index is 995. The van der Waals surface area contributed by atoms with Gasteiger partial charge in [-0.2, -0.15) is 0 Å². The molecule has 0 saturated heterocycles. The highest BCUT2D eigenvalue weighted by molar-refractivity contribution is 7.89. The topological polar surface area (TPSA) is 80.6 Å². The lowest BCUT2D eigenvalue weighted by Crippen LogP contribution is -2.28. The molecule has 1 unspecified atom stereocenters. The number of aryl methyl sites for hydroxylation is 1. The van der Waals surface area contributed by atoms with E-state index in [9.17, 15) is 13.5 Å². The van der Waals surface area contributed by atoms with E-state index in [2.05, 4.69) is 4.72 Å². The minimum atomic E-state index is -3.79. The Balaban J connectivity index is 1.83. The van der Waals surface area contributed by atoms with Crippen molar-refractivity contribution in [1.82, 2.24) is 9.29 Å². The molecule has 7 heteroatoms. The molecule has 0 aliphatic rings. The zero-order valence-electron chi connectivity index (χ0n) is 14.0. The van der Waals surface area contributed by atoms with Crippen LogP contribution in [0.2, 0.25) is 0 Å². The Labute approximate surface area is 146 Å². The summed E-state index contributed by atoms with van der Waals surface area (Å²) in [5.41, 5.74) is 1.66. The number of benzene rings is 2. The van der Waals surface area contributed by atoms with Crippen LogP contribution < -0.4 is 9.46 Å². The summed E-state index contributed by atoms with van der Waals surface area (Å²) in [4.78, 5) is 0.0441. The molecule has 132 valence electrons.